The molecule has 0 aliphatic carbocycles. The van der Waals surface area contributed by atoms with Crippen LogP contribution in [-0.4, -0.2) is 94.3 Å². The highest BCUT2D eigenvalue weighted by Crippen LogP contribution is 2.26. The van der Waals surface area contributed by atoms with Gasteiger partial charge in [-0.1, -0.05) is 97.3 Å². The molecule has 0 aromatic rings. The summed E-state index contributed by atoms with van der Waals surface area (Å²) in [5, 5.41) is 17.6. The van der Waals surface area contributed by atoms with Gasteiger partial charge >= 0.3 is 0 Å². The average molecular weight is 546 g/mol. The highest BCUT2D eigenvalue weighted by molar-refractivity contribution is 5.80. The van der Waals surface area contributed by atoms with E-state index in [1.807, 2.05) is 0 Å². The quantitative estimate of drug-likeness (QED) is 0.123. The third-order valence-electron chi connectivity index (χ3n) is 6.96. The molecule has 1 heterocycles. The van der Waals surface area contributed by atoms with Crippen LogP contribution in [0.25, 0.3) is 0 Å². The van der Waals surface area contributed by atoms with Gasteiger partial charge in [-0.15, -0.1) is 0 Å². The maximum atomic E-state index is 8.82. The molecule has 1 aliphatic rings. The predicted molar refractivity (Wildman–Crippen MR) is 153 cm³/mol. The van der Waals surface area contributed by atoms with E-state index in [2.05, 4.69) is 13.8 Å². The highest BCUT2D eigenvalue weighted by atomic mass is 16.5. The zero-order chi connectivity index (χ0) is 27.6. The molecule has 0 saturated carbocycles. The van der Waals surface area contributed by atoms with Crippen LogP contribution in [0.4, 0.5) is 0 Å². The molecule has 2 N–H and O–H groups in total. The average Bonchev–Trinajstić information content (AvgIpc) is 3.35. The van der Waals surface area contributed by atoms with E-state index in [4.69, 9.17) is 38.9 Å². The number of hydrogen-bond donors (Lipinski definition) is 2. The van der Waals surface area contributed by atoms with Gasteiger partial charge in [0.1, 0.15) is 12.1 Å². The molecule has 0 saturated heterocycles. The van der Waals surface area contributed by atoms with E-state index < -0.39 is 5.54 Å². The molecule has 0 aromatic carbocycles. The van der Waals surface area contributed by atoms with Crippen molar-refractivity contribution < 1.29 is 33.9 Å². The van der Waals surface area contributed by atoms with Crippen LogP contribution in [0.1, 0.15) is 104 Å². The van der Waals surface area contributed by atoms with Crippen molar-refractivity contribution in [2.75, 3.05) is 72.7 Å². The molecule has 0 aromatic heterocycles. The zero-order valence-corrected chi connectivity index (χ0v) is 24.6. The second-order valence-corrected chi connectivity index (χ2v) is 10.7. The molecule has 0 radical (unpaired) electrons. The number of unbranched alkanes of at least 4 members (excludes halogenated alkanes) is 12. The summed E-state index contributed by atoms with van der Waals surface area (Å²) in [7, 11) is 0. The minimum atomic E-state index is -0.562. The molecule has 8 nitrogen and oxygen atoms in total. The minimum absolute atomic E-state index is 0.00870. The Kier molecular flexibility index (Phi) is 23.4. The molecule has 1 atom stereocenters. The van der Waals surface area contributed by atoms with E-state index in [1.165, 1.54) is 83.5 Å². The summed E-state index contributed by atoms with van der Waals surface area (Å²) in [5.74, 6) is 1.09. The zero-order valence-electron chi connectivity index (χ0n) is 24.6. The molecule has 226 valence electrons. The Morgan fingerprint density at radius 3 is 1.61 bits per heavy atom. The highest BCUT2D eigenvalue weighted by Gasteiger charge is 2.39. The number of rotatable bonds is 29. The number of aliphatic hydroxyl groups excluding tert-OH is 2. The van der Waals surface area contributed by atoms with Crippen LogP contribution in [0.5, 0.6) is 0 Å². The molecule has 8 heteroatoms. The fourth-order valence-corrected chi connectivity index (χ4v) is 4.63. The van der Waals surface area contributed by atoms with E-state index >= 15 is 0 Å². The SMILES string of the molecule is CCCCCCCCCCCCCCCC(C)C1=NC(COCCOCCO)(COCCOCCO)CO1. The Balaban J connectivity index is 2.27. The summed E-state index contributed by atoms with van der Waals surface area (Å²) in [6.45, 7) is 8.07. The first-order valence-corrected chi connectivity index (χ1v) is 15.4. The van der Waals surface area contributed by atoms with Crippen molar-refractivity contribution in [1.29, 1.82) is 0 Å². The normalized spacial score (nSPS) is 15.5. The molecule has 0 bridgehead atoms. The second-order valence-electron chi connectivity index (χ2n) is 10.7. The largest absolute Gasteiger partial charge is 0.478 e. The Morgan fingerprint density at radius 2 is 1.13 bits per heavy atom. The number of hydrogen-bond acceptors (Lipinski definition) is 8. The van der Waals surface area contributed by atoms with E-state index in [9.17, 15) is 0 Å². The summed E-state index contributed by atoms with van der Waals surface area (Å²) >= 11 is 0. The number of aliphatic imine (C=N–C) groups is 1. The fourth-order valence-electron chi connectivity index (χ4n) is 4.63. The van der Waals surface area contributed by atoms with Crippen molar-refractivity contribution in [2.24, 2.45) is 10.9 Å². The maximum Gasteiger partial charge on any atom is 0.187 e. The van der Waals surface area contributed by atoms with Crippen molar-refractivity contribution in [3.05, 3.63) is 0 Å². The van der Waals surface area contributed by atoms with Gasteiger partial charge in [0.05, 0.1) is 66.1 Å². The molecular formula is C30H59NO7. The van der Waals surface area contributed by atoms with Crippen LogP contribution >= 0.6 is 0 Å². The lowest BCUT2D eigenvalue weighted by Crippen LogP contribution is -2.40. The van der Waals surface area contributed by atoms with Crippen molar-refractivity contribution >= 4 is 5.90 Å². The Labute approximate surface area is 232 Å². The molecule has 38 heavy (non-hydrogen) atoms. The van der Waals surface area contributed by atoms with Crippen LogP contribution < -0.4 is 0 Å². The monoisotopic (exact) mass is 545 g/mol. The third kappa shape index (κ3) is 18.5. The van der Waals surface area contributed by atoms with E-state index in [0.29, 0.717) is 59.5 Å². The van der Waals surface area contributed by atoms with Crippen LogP contribution in [0.2, 0.25) is 0 Å². The molecule has 1 rings (SSSR count). The molecule has 1 unspecified atom stereocenters. The lowest BCUT2D eigenvalue weighted by molar-refractivity contribution is -0.0236. The Bertz CT molecular complexity index is 531. The van der Waals surface area contributed by atoms with Gasteiger partial charge in [-0.05, 0) is 6.42 Å². The fraction of sp³-hybridized carbons (Fsp3) is 0.967. The van der Waals surface area contributed by atoms with Crippen molar-refractivity contribution in [1.82, 2.24) is 0 Å². The van der Waals surface area contributed by atoms with Gasteiger partial charge in [-0.25, -0.2) is 4.99 Å². The predicted octanol–water partition coefficient (Wildman–Crippen LogP) is 5.32. The summed E-state index contributed by atoms with van der Waals surface area (Å²) in [6, 6.07) is 0. The first-order valence-electron chi connectivity index (χ1n) is 15.4. The summed E-state index contributed by atoms with van der Waals surface area (Å²) in [4.78, 5) is 4.95. The summed E-state index contributed by atoms with van der Waals surface area (Å²) in [6.07, 6.45) is 18.8. The molecule has 0 spiro atoms. The van der Waals surface area contributed by atoms with E-state index in [1.54, 1.807) is 0 Å². The lowest BCUT2D eigenvalue weighted by Gasteiger charge is -2.24. The van der Waals surface area contributed by atoms with E-state index in [0.717, 1.165) is 12.3 Å². The Morgan fingerprint density at radius 1 is 0.684 bits per heavy atom. The topological polar surface area (TPSA) is 99.0 Å². The third-order valence-corrected chi connectivity index (χ3v) is 6.96. The smallest absolute Gasteiger partial charge is 0.187 e. The van der Waals surface area contributed by atoms with Crippen molar-refractivity contribution in [3.8, 4) is 0 Å². The number of nitrogens with zero attached hydrogens (tertiary/aromatic N) is 1. The first kappa shape index (κ1) is 35.3. The van der Waals surface area contributed by atoms with Gasteiger partial charge in [0.2, 0.25) is 0 Å². The van der Waals surface area contributed by atoms with Crippen LogP contribution in [0.15, 0.2) is 4.99 Å². The Hall–Kier alpha value is -0.770. The van der Waals surface area contributed by atoms with Crippen molar-refractivity contribution in [3.63, 3.8) is 0 Å². The molecule has 0 amide bonds. The standard InChI is InChI=1S/C30H59NO7/c1-3-4-5-6-7-8-9-10-11-12-13-14-15-16-28(2)29-31-30(27-38-29,25-36-23-21-34-19-17-32)26-37-24-22-35-20-18-33/h28,32-33H,3-27H2,1-2H3. The van der Waals surface area contributed by atoms with E-state index in [-0.39, 0.29) is 19.1 Å². The molecule has 0 fully saturated rings. The van der Waals surface area contributed by atoms with Gasteiger partial charge in [0.25, 0.3) is 0 Å². The second kappa shape index (κ2) is 25.2. The summed E-state index contributed by atoms with van der Waals surface area (Å²) < 4.78 is 28.3. The van der Waals surface area contributed by atoms with Gasteiger partial charge in [-0.2, -0.15) is 0 Å². The summed E-state index contributed by atoms with van der Waals surface area (Å²) in [5.41, 5.74) is -0.562. The first-order chi connectivity index (χ1) is 18.7. The lowest BCUT2D eigenvalue weighted by atomic mass is 10.0. The molecule has 1 aliphatic heterocycles. The van der Waals surface area contributed by atoms with Crippen LogP contribution in [0.3, 0.4) is 0 Å². The van der Waals surface area contributed by atoms with Crippen molar-refractivity contribution in [2.45, 2.75) is 109 Å². The van der Waals surface area contributed by atoms with Gasteiger partial charge in [0, 0.05) is 5.92 Å². The maximum absolute atomic E-state index is 8.82. The molecular weight excluding hydrogens is 486 g/mol. The van der Waals surface area contributed by atoms with Gasteiger partial charge in [0.15, 0.2) is 5.90 Å². The number of aliphatic hydroxyl groups is 2. The number of ether oxygens (including phenoxy) is 5. The van der Waals surface area contributed by atoms with Crippen LogP contribution in [0, 0.1) is 5.92 Å². The van der Waals surface area contributed by atoms with Gasteiger partial charge < -0.3 is 33.9 Å². The minimum Gasteiger partial charge on any atom is -0.478 e. The van der Waals surface area contributed by atoms with Crippen LogP contribution in [-0.2, 0) is 23.7 Å². The van der Waals surface area contributed by atoms with Gasteiger partial charge in [-0.3, -0.25) is 0 Å².